The lowest BCUT2D eigenvalue weighted by Gasteiger charge is -2.07. The summed E-state index contributed by atoms with van der Waals surface area (Å²) in [7, 11) is 1.62. The zero-order chi connectivity index (χ0) is 14.0. The molecular formula is C14H15NO3S. The maximum atomic E-state index is 10.9. The Morgan fingerprint density at radius 2 is 2.16 bits per heavy atom. The Hall–Kier alpha value is -1.88. The molecule has 0 spiro atoms. The highest BCUT2D eigenvalue weighted by Crippen LogP contribution is 2.32. The van der Waals surface area contributed by atoms with Crippen LogP contribution in [0.15, 0.2) is 18.2 Å². The number of benzene rings is 1. The molecule has 0 aliphatic carbocycles. The van der Waals surface area contributed by atoms with Crippen molar-refractivity contribution in [3.05, 3.63) is 33.6 Å². The Morgan fingerprint density at radius 3 is 2.74 bits per heavy atom. The smallest absolute Gasteiger partial charge is 0.308 e. The number of rotatable bonds is 4. The van der Waals surface area contributed by atoms with E-state index in [0.717, 1.165) is 32.5 Å². The van der Waals surface area contributed by atoms with Crippen LogP contribution in [0, 0.1) is 13.8 Å². The minimum absolute atomic E-state index is 0.00626. The zero-order valence-corrected chi connectivity index (χ0v) is 11.9. The van der Waals surface area contributed by atoms with Gasteiger partial charge in [0.2, 0.25) is 0 Å². The average molecular weight is 277 g/mol. The monoisotopic (exact) mass is 277 g/mol. The summed E-state index contributed by atoms with van der Waals surface area (Å²) in [4.78, 5) is 16.2. The summed E-state index contributed by atoms with van der Waals surface area (Å²) >= 11 is 1.43. The van der Waals surface area contributed by atoms with E-state index < -0.39 is 5.97 Å². The molecule has 0 atom stereocenters. The van der Waals surface area contributed by atoms with Gasteiger partial charge in [0.1, 0.15) is 5.75 Å². The van der Waals surface area contributed by atoms with Crippen molar-refractivity contribution in [1.82, 2.24) is 4.98 Å². The van der Waals surface area contributed by atoms with E-state index in [0.29, 0.717) is 0 Å². The third-order valence-corrected chi connectivity index (χ3v) is 3.78. The molecule has 0 amide bonds. The first-order chi connectivity index (χ1) is 9.01. The van der Waals surface area contributed by atoms with Crippen molar-refractivity contribution in [2.45, 2.75) is 20.3 Å². The third kappa shape index (κ3) is 2.93. The van der Waals surface area contributed by atoms with E-state index in [-0.39, 0.29) is 6.42 Å². The molecule has 0 bridgehead atoms. The highest BCUT2D eigenvalue weighted by atomic mass is 32.1. The van der Waals surface area contributed by atoms with Gasteiger partial charge in [-0.15, -0.1) is 11.3 Å². The van der Waals surface area contributed by atoms with Crippen molar-refractivity contribution in [1.29, 1.82) is 0 Å². The molecule has 0 aliphatic rings. The lowest BCUT2D eigenvalue weighted by Crippen LogP contribution is -2.00. The van der Waals surface area contributed by atoms with Crippen LogP contribution in [0.1, 0.15) is 15.4 Å². The molecule has 19 heavy (non-hydrogen) atoms. The summed E-state index contributed by atoms with van der Waals surface area (Å²) in [5.41, 5.74) is 2.75. The molecule has 2 aromatic rings. The lowest BCUT2D eigenvalue weighted by atomic mass is 10.0. The first kappa shape index (κ1) is 13.5. The van der Waals surface area contributed by atoms with Crippen LogP contribution in [0.25, 0.3) is 11.3 Å². The van der Waals surface area contributed by atoms with Crippen LogP contribution < -0.4 is 4.74 Å². The van der Waals surface area contributed by atoms with Crippen molar-refractivity contribution >= 4 is 17.3 Å². The minimum Gasteiger partial charge on any atom is -0.497 e. The molecule has 1 aromatic heterocycles. The number of ether oxygens (including phenoxy) is 1. The highest BCUT2D eigenvalue weighted by molar-refractivity contribution is 7.12. The van der Waals surface area contributed by atoms with Gasteiger partial charge in [0.05, 0.1) is 24.2 Å². The zero-order valence-electron chi connectivity index (χ0n) is 11.1. The third-order valence-electron chi connectivity index (χ3n) is 2.80. The number of hydrogen-bond donors (Lipinski definition) is 1. The fourth-order valence-electron chi connectivity index (χ4n) is 1.97. The number of aliphatic carboxylic acids is 1. The second kappa shape index (κ2) is 5.40. The largest absolute Gasteiger partial charge is 0.497 e. The molecular weight excluding hydrogens is 262 g/mol. The van der Waals surface area contributed by atoms with Crippen molar-refractivity contribution < 1.29 is 14.6 Å². The molecule has 2 rings (SSSR count). The van der Waals surface area contributed by atoms with E-state index in [1.165, 1.54) is 11.3 Å². The number of carbonyl (C=O) groups is 1. The molecule has 1 aromatic carbocycles. The fraction of sp³-hybridized carbons (Fsp3) is 0.286. The van der Waals surface area contributed by atoms with Gasteiger partial charge < -0.3 is 9.84 Å². The van der Waals surface area contributed by atoms with E-state index in [4.69, 9.17) is 9.84 Å². The van der Waals surface area contributed by atoms with Gasteiger partial charge in [0.25, 0.3) is 0 Å². The lowest BCUT2D eigenvalue weighted by molar-refractivity contribution is -0.136. The molecule has 4 nitrogen and oxygen atoms in total. The van der Waals surface area contributed by atoms with Crippen molar-refractivity contribution in [3.63, 3.8) is 0 Å². The van der Waals surface area contributed by atoms with Gasteiger partial charge >= 0.3 is 5.97 Å². The Balaban J connectivity index is 2.49. The molecule has 0 unspecified atom stereocenters. The number of carboxylic acids is 1. The maximum absolute atomic E-state index is 10.9. The number of carboxylic acid groups (broad SMARTS) is 1. The highest BCUT2D eigenvalue weighted by Gasteiger charge is 2.16. The van der Waals surface area contributed by atoms with Crippen molar-refractivity contribution in [2.24, 2.45) is 0 Å². The second-order valence-corrected chi connectivity index (χ2v) is 5.54. The number of thiazole rings is 1. The van der Waals surface area contributed by atoms with Crippen LogP contribution in [-0.4, -0.2) is 23.2 Å². The van der Waals surface area contributed by atoms with Crippen LogP contribution in [0.4, 0.5) is 0 Å². The van der Waals surface area contributed by atoms with Gasteiger partial charge in [-0.2, -0.15) is 0 Å². The van der Waals surface area contributed by atoms with E-state index in [2.05, 4.69) is 4.98 Å². The van der Waals surface area contributed by atoms with Crippen molar-refractivity contribution in [2.75, 3.05) is 7.11 Å². The molecule has 5 heteroatoms. The molecule has 0 saturated carbocycles. The summed E-state index contributed by atoms with van der Waals surface area (Å²) in [5, 5.41) is 9.83. The van der Waals surface area contributed by atoms with Crippen LogP contribution in [0.2, 0.25) is 0 Å². The quantitative estimate of drug-likeness (QED) is 0.933. The summed E-state index contributed by atoms with van der Waals surface area (Å²) in [6.07, 6.45) is 0.00626. The topological polar surface area (TPSA) is 59.4 Å². The van der Waals surface area contributed by atoms with Crippen LogP contribution in [0.5, 0.6) is 5.75 Å². The number of aryl methyl sites for hydroxylation is 2. The van der Waals surface area contributed by atoms with Gasteiger partial charge in [-0.1, -0.05) is 0 Å². The SMILES string of the molecule is COc1ccc(-c2nc(C)sc2CC(=O)O)c(C)c1. The summed E-state index contributed by atoms with van der Waals surface area (Å²) < 4.78 is 5.17. The van der Waals surface area contributed by atoms with Gasteiger partial charge in [-0.3, -0.25) is 4.79 Å². The molecule has 0 fully saturated rings. The van der Waals surface area contributed by atoms with Crippen LogP contribution >= 0.6 is 11.3 Å². The van der Waals surface area contributed by atoms with Gasteiger partial charge in [0, 0.05) is 10.4 Å². The second-order valence-electron chi connectivity index (χ2n) is 4.26. The van der Waals surface area contributed by atoms with E-state index >= 15 is 0 Å². The van der Waals surface area contributed by atoms with Gasteiger partial charge in [-0.05, 0) is 37.6 Å². The van der Waals surface area contributed by atoms with E-state index in [1.54, 1.807) is 7.11 Å². The fourth-order valence-corrected chi connectivity index (χ4v) is 2.91. The number of aromatic nitrogens is 1. The average Bonchev–Trinajstić information content (AvgIpc) is 2.69. The van der Waals surface area contributed by atoms with E-state index in [9.17, 15) is 4.79 Å². The van der Waals surface area contributed by atoms with Crippen molar-refractivity contribution in [3.8, 4) is 17.0 Å². The number of hydrogen-bond acceptors (Lipinski definition) is 4. The number of nitrogens with zero attached hydrogens (tertiary/aromatic N) is 1. The normalized spacial score (nSPS) is 10.5. The molecule has 1 heterocycles. The summed E-state index contributed by atoms with van der Waals surface area (Å²) in [5.74, 6) is -0.0518. The summed E-state index contributed by atoms with van der Waals surface area (Å²) in [6.45, 7) is 3.86. The Kier molecular flexibility index (Phi) is 3.85. The first-order valence-electron chi connectivity index (χ1n) is 5.84. The maximum Gasteiger partial charge on any atom is 0.308 e. The molecule has 1 N–H and O–H groups in total. The Labute approximate surface area is 115 Å². The molecule has 0 radical (unpaired) electrons. The van der Waals surface area contributed by atoms with Gasteiger partial charge in [0.15, 0.2) is 0 Å². The number of methoxy groups -OCH3 is 1. The Bertz CT molecular complexity index is 619. The van der Waals surface area contributed by atoms with Crippen LogP contribution in [0.3, 0.4) is 0 Å². The van der Waals surface area contributed by atoms with E-state index in [1.807, 2.05) is 32.0 Å². The van der Waals surface area contributed by atoms with Crippen LogP contribution in [-0.2, 0) is 11.2 Å². The first-order valence-corrected chi connectivity index (χ1v) is 6.66. The molecule has 0 saturated heterocycles. The summed E-state index contributed by atoms with van der Waals surface area (Å²) in [6, 6.07) is 5.71. The van der Waals surface area contributed by atoms with Gasteiger partial charge in [-0.25, -0.2) is 4.98 Å². The molecule has 0 aliphatic heterocycles. The Morgan fingerprint density at radius 1 is 1.42 bits per heavy atom. The minimum atomic E-state index is -0.837. The standard InChI is InChI=1S/C14H15NO3S/c1-8-6-10(18-3)4-5-11(8)14-12(7-13(16)17)19-9(2)15-14/h4-6H,7H2,1-3H3,(H,16,17). The molecule has 100 valence electrons. The predicted molar refractivity (Wildman–Crippen MR) is 74.9 cm³/mol. The predicted octanol–water partition coefficient (Wildman–Crippen LogP) is 3.06.